The van der Waals surface area contributed by atoms with E-state index in [9.17, 15) is 14.0 Å². The quantitative estimate of drug-likeness (QED) is 0.755. The van der Waals surface area contributed by atoms with Crippen LogP contribution in [0.5, 0.6) is 0 Å². The zero-order valence-electron chi connectivity index (χ0n) is 10.1. The summed E-state index contributed by atoms with van der Waals surface area (Å²) in [5.41, 5.74) is -0.647. The van der Waals surface area contributed by atoms with Gasteiger partial charge in [0.05, 0.1) is 11.8 Å². The van der Waals surface area contributed by atoms with E-state index in [0.29, 0.717) is 11.3 Å². The third-order valence-corrected chi connectivity index (χ3v) is 2.73. The molecule has 2 rings (SSSR count). The van der Waals surface area contributed by atoms with Crippen molar-refractivity contribution < 1.29 is 4.39 Å². The minimum absolute atomic E-state index is 0.197. The molecule has 0 atom stereocenters. The van der Waals surface area contributed by atoms with Crippen LogP contribution in [0.1, 0.15) is 5.56 Å². The van der Waals surface area contributed by atoms with E-state index in [1.807, 2.05) is 0 Å². The Kier molecular flexibility index (Phi) is 3.29. The average molecular weight is 259 g/mol. The van der Waals surface area contributed by atoms with Gasteiger partial charge in [0.15, 0.2) is 0 Å². The SMILES string of the molecule is Cc1ccc(F)cc1-n1ccn(CC#N)c(=O)c1=O. The molecule has 96 valence electrons. The first kappa shape index (κ1) is 12.8. The molecule has 5 nitrogen and oxygen atoms in total. The van der Waals surface area contributed by atoms with E-state index in [-0.39, 0.29) is 6.54 Å². The number of halogens is 1. The molecule has 0 N–H and O–H groups in total. The van der Waals surface area contributed by atoms with Gasteiger partial charge in [-0.1, -0.05) is 6.07 Å². The summed E-state index contributed by atoms with van der Waals surface area (Å²) in [5.74, 6) is -0.492. The molecule has 0 amide bonds. The molecule has 1 aromatic carbocycles. The maximum atomic E-state index is 13.2. The van der Waals surface area contributed by atoms with Crippen LogP contribution in [0, 0.1) is 24.1 Å². The van der Waals surface area contributed by atoms with Gasteiger partial charge in [-0.25, -0.2) is 4.39 Å². The number of nitriles is 1. The molecule has 0 spiro atoms. The number of aryl methyl sites for hydroxylation is 1. The maximum absolute atomic E-state index is 13.2. The van der Waals surface area contributed by atoms with Gasteiger partial charge in [-0.15, -0.1) is 0 Å². The fourth-order valence-electron chi connectivity index (χ4n) is 1.74. The molecule has 1 aromatic heterocycles. The van der Waals surface area contributed by atoms with Gasteiger partial charge in [0, 0.05) is 12.4 Å². The van der Waals surface area contributed by atoms with Crippen molar-refractivity contribution in [1.82, 2.24) is 9.13 Å². The number of nitrogens with zero attached hydrogens (tertiary/aromatic N) is 3. The standard InChI is InChI=1S/C13H10FN3O2/c1-9-2-3-10(14)8-11(9)17-7-6-16(5-4-15)12(18)13(17)19/h2-3,6-8H,5H2,1H3. The molecule has 0 aliphatic heterocycles. The monoisotopic (exact) mass is 259 g/mol. The van der Waals surface area contributed by atoms with Crippen molar-refractivity contribution in [3.63, 3.8) is 0 Å². The molecule has 0 radical (unpaired) electrons. The summed E-state index contributed by atoms with van der Waals surface area (Å²) in [7, 11) is 0. The zero-order valence-corrected chi connectivity index (χ0v) is 10.1. The first-order chi connectivity index (χ1) is 9.04. The number of benzene rings is 1. The summed E-state index contributed by atoms with van der Waals surface area (Å²) in [4.78, 5) is 23.7. The third-order valence-electron chi connectivity index (χ3n) is 2.73. The van der Waals surface area contributed by atoms with Crippen molar-refractivity contribution in [2.75, 3.05) is 0 Å². The maximum Gasteiger partial charge on any atom is 0.321 e. The van der Waals surface area contributed by atoms with Crippen LogP contribution in [0.15, 0.2) is 40.2 Å². The predicted molar refractivity (Wildman–Crippen MR) is 66.6 cm³/mol. The van der Waals surface area contributed by atoms with E-state index < -0.39 is 16.9 Å². The van der Waals surface area contributed by atoms with Crippen LogP contribution >= 0.6 is 0 Å². The van der Waals surface area contributed by atoms with Crippen LogP contribution in [0.3, 0.4) is 0 Å². The van der Waals surface area contributed by atoms with Crippen molar-refractivity contribution in [2.24, 2.45) is 0 Å². The molecule has 1 heterocycles. The summed E-state index contributed by atoms with van der Waals surface area (Å²) >= 11 is 0. The van der Waals surface area contributed by atoms with Crippen LogP contribution in [0.25, 0.3) is 5.69 Å². The fourth-order valence-corrected chi connectivity index (χ4v) is 1.74. The lowest BCUT2D eigenvalue weighted by Crippen LogP contribution is -2.40. The van der Waals surface area contributed by atoms with E-state index in [0.717, 1.165) is 9.13 Å². The Morgan fingerprint density at radius 2 is 2.00 bits per heavy atom. The lowest BCUT2D eigenvalue weighted by atomic mass is 10.2. The molecule has 0 aliphatic carbocycles. The van der Waals surface area contributed by atoms with E-state index in [4.69, 9.17) is 5.26 Å². The summed E-state index contributed by atoms with van der Waals surface area (Å²) in [6.07, 6.45) is 2.68. The van der Waals surface area contributed by atoms with Crippen molar-refractivity contribution in [1.29, 1.82) is 5.26 Å². The largest absolute Gasteiger partial charge is 0.321 e. The molecule has 19 heavy (non-hydrogen) atoms. The van der Waals surface area contributed by atoms with Crippen molar-refractivity contribution >= 4 is 0 Å². The zero-order chi connectivity index (χ0) is 14.0. The summed E-state index contributed by atoms with van der Waals surface area (Å²) in [6, 6.07) is 5.78. The third kappa shape index (κ3) is 2.31. The first-order valence-electron chi connectivity index (χ1n) is 5.50. The normalized spacial score (nSPS) is 10.2. The molecule has 6 heteroatoms. The molecular weight excluding hydrogens is 249 g/mol. The van der Waals surface area contributed by atoms with Crippen LogP contribution in [0.4, 0.5) is 4.39 Å². The van der Waals surface area contributed by atoms with Crippen molar-refractivity contribution in [3.05, 3.63) is 62.7 Å². The van der Waals surface area contributed by atoms with Gasteiger partial charge in [-0.05, 0) is 24.6 Å². The minimum Gasteiger partial charge on any atom is -0.295 e. The molecule has 2 aromatic rings. The summed E-state index contributed by atoms with van der Waals surface area (Å²) in [6.45, 7) is 1.51. The van der Waals surface area contributed by atoms with Gasteiger partial charge in [0.1, 0.15) is 12.4 Å². The van der Waals surface area contributed by atoms with E-state index in [1.54, 1.807) is 13.0 Å². The van der Waals surface area contributed by atoms with Crippen LogP contribution < -0.4 is 11.1 Å². The van der Waals surface area contributed by atoms with Gasteiger partial charge >= 0.3 is 11.1 Å². The number of aromatic nitrogens is 2. The Morgan fingerprint density at radius 1 is 1.26 bits per heavy atom. The molecular formula is C13H10FN3O2. The first-order valence-corrected chi connectivity index (χ1v) is 5.50. The minimum atomic E-state index is -0.813. The molecule has 0 fully saturated rings. The second-order valence-electron chi connectivity index (χ2n) is 4.00. The van der Waals surface area contributed by atoms with E-state index >= 15 is 0 Å². The Balaban J connectivity index is 2.69. The summed E-state index contributed by atoms with van der Waals surface area (Å²) < 4.78 is 15.3. The Labute approximate surface area is 107 Å². The van der Waals surface area contributed by atoms with E-state index in [1.165, 1.54) is 30.6 Å². The molecule has 0 bridgehead atoms. The van der Waals surface area contributed by atoms with Crippen molar-refractivity contribution in [3.8, 4) is 11.8 Å². The number of rotatable bonds is 2. The Morgan fingerprint density at radius 3 is 2.68 bits per heavy atom. The predicted octanol–water partition coefficient (Wildman–Crippen LogP) is 0.970. The van der Waals surface area contributed by atoms with Crippen molar-refractivity contribution in [2.45, 2.75) is 13.5 Å². The smallest absolute Gasteiger partial charge is 0.295 e. The topological polar surface area (TPSA) is 67.8 Å². The molecule has 0 unspecified atom stereocenters. The molecule has 0 saturated heterocycles. The highest BCUT2D eigenvalue weighted by Gasteiger charge is 2.09. The van der Waals surface area contributed by atoms with Gasteiger partial charge < -0.3 is 0 Å². The number of hydrogen-bond donors (Lipinski definition) is 0. The second kappa shape index (κ2) is 4.90. The molecule has 0 aliphatic rings. The average Bonchev–Trinajstić information content (AvgIpc) is 2.39. The Bertz CT molecular complexity index is 784. The highest BCUT2D eigenvalue weighted by Crippen LogP contribution is 2.12. The number of hydrogen-bond acceptors (Lipinski definition) is 3. The van der Waals surface area contributed by atoms with Crippen LogP contribution in [-0.2, 0) is 6.54 Å². The highest BCUT2D eigenvalue weighted by molar-refractivity contribution is 5.40. The highest BCUT2D eigenvalue weighted by atomic mass is 19.1. The van der Waals surface area contributed by atoms with E-state index in [2.05, 4.69) is 0 Å². The van der Waals surface area contributed by atoms with Gasteiger partial charge in [0.2, 0.25) is 0 Å². The van der Waals surface area contributed by atoms with Gasteiger partial charge in [-0.3, -0.25) is 18.7 Å². The summed E-state index contributed by atoms with van der Waals surface area (Å²) in [5, 5.41) is 8.53. The molecule has 0 saturated carbocycles. The Hall–Kier alpha value is -2.68. The van der Waals surface area contributed by atoms with Crippen LogP contribution in [-0.4, -0.2) is 9.13 Å². The van der Waals surface area contributed by atoms with Gasteiger partial charge in [-0.2, -0.15) is 5.26 Å². The van der Waals surface area contributed by atoms with Crippen LogP contribution in [0.2, 0.25) is 0 Å². The fraction of sp³-hybridized carbons (Fsp3) is 0.154. The lowest BCUT2D eigenvalue weighted by Gasteiger charge is -2.09. The second-order valence-corrected chi connectivity index (χ2v) is 4.00. The lowest BCUT2D eigenvalue weighted by molar-refractivity contribution is 0.625. The van der Waals surface area contributed by atoms with Gasteiger partial charge in [0.25, 0.3) is 0 Å².